The minimum atomic E-state index is 0. The number of aliphatic imine (C=N–C) groups is 1. The second-order valence-electron chi connectivity index (χ2n) is 6.42. The van der Waals surface area contributed by atoms with Crippen molar-refractivity contribution in [1.82, 2.24) is 20.4 Å². The molecule has 0 bridgehead atoms. The smallest absolute Gasteiger partial charge is 0.191 e. The molecule has 2 fully saturated rings. The second-order valence-corrected chi connectivity index (χ2v) is 6.42. The van der Waals surface area contributed by atoms with Crippen molar-refractivity contribution in [2.45, 2.75) is 19.3 Å². The van der Waals surface area contributed by atoms with Gasteiger partial charge in [0.15, 0.2) is 5.96 Å². The Morgan fingerprint density at radius 1 is 1.09 bits per heavy atom. The lowest BCUT2D eigenvalue weighted by atomic mass is 9.94. The summed E-state index contributed by atoms with van der Waals surface area (Å²) in [6.45, 7) is 9.33. The highest BCUT2D eigenvalue weighted by atomic mass is 127. The maximum atomic E-state index is 5.36. The first-order valence-electron chi connectivity index (χ1n) is 8.71. The van der Waals surface area contributed by atoms with Crippen molar-refractivity contribution in [2.75, 3.05) is 73.1 Å². The number of nitrogens with one attached hydrogen (secondary N) is 2. The number of morpholine rings is 1. The van der Waals surface area contributed by atoms with Crippen LogP contribution >= 0.6 is 24.0 Å². The molecule has 0 radical (unpaired) electrons. The zero-order chi connectivity index (χ0) is 15.6. The van der Waals surface area contributed by atoms with Crippen LogP contribution < -0.4 is 10.6 Å². The largest absolute Gasteiger partial charge is 0.379 e. The molecule has 2 N–H and O–H groups in total. The number of hydrogen-bond acceptors (Lipinski definition) is 4. The molecule has 0 aromatic rings. The third-order valence-electron chi connectivity index (χ3n) is 4.73. The molecule has 2 aliphatic rings. The number of hydrogen-bond donors (Lipinski definition) is 2. The number of piperidine rings is 1. The van der Waals surface area contributed by atoms with Gasteiger partial charge in [-0.15, -0.1) is 24.0 Å². The van der Waals surface area contributed by atoms with Crippen molar-refractivity contribution in [3.8, 4) is 0 Å². The van der Waals surface area contributed by atoms with Crippen LogP contribution in [-0.2, 0) is 4.74 Å². The van der Waals surface area contributed by atoms with E-state index in [-0.39, 0.29) is 24.0 Å². The predicted octanol–water partition coefficient (Wildman–Crippen LogP) is 0.834. The molecular weight excluding hydrogens is 405 g/mol. The van der Waals surface area contributed by atoms with Crippen LogP contribution in [0.5, 0.6) is 0 Å². The summed E-state index contributed by atoms with van der Waals surface area (Å²) >= 11 is 0. The molecule has 0 unspecified atom stereocenters. The van der Waals surface area contributed by atoms with Gasteiger partial charge in [0, 0.05) is 39.8 Å². The fourth-order valence-electron chi connectivity index (χ4n) is 3.12. The Kier molecular flexibility index (Phi) is 11.2. The summed E-state index contributed by atoms with van der Waals surface area (Å²) in [6.07, 6.45) is 3.92. The monoisotopic (exact) mass is 439 g/mol. The van der Waals surface area contributed by atoms with Gasteiger partial charge in [-0.05, 0) is 45.3 Å². The van der Waals surface area contributed by atoms with Gasteiger partial charge in [-0.1, -0.05) is 0 Å². The van der Waals surface area contributed by atoms with E-state index >= 15 is 0 Å². The molecule has 2 aliphatic heterocycles. The zero-order valence-electron chi connectivity index (χ0n) is 14.7. The third kappa shape index (κ3) is 8.51. The number of ether oxygens (including phenoxy) is 1. The average molecular weight is 439 g/mol. The lowest BCUT2D eigenvalue weighted by Crippen LogP contribution is -2.44. The molecule has 0 saturated carbocycles. The maximum Gasteiger partial charge on any atom is 0.191 e. The highest BCUT2D eigenvalue weighted by molar-refractivity contribution is 14.0. The molecule has 0 atom stereocenters. The fraction of sp³-hybridized carbons (Fsp3) is 0.938. The van der Waals surface area contributed by atoms with E-state index in [0.29, 0.717) is 0 Å². The van der Waals surface area contributed by atoms with Gasteiger partial charge in [-0.2, -0.15) is 0 Å². The summed E-state index contributed by atoms with van der Waals surface area (Å²) in [7, 11) is 4.06. The highest BCUT2D eigenvalue weighted by Crippen LogP contribution is 2.18. The number of nitrogens with zero attached hydrogens (tertiary/aromatic N) is 3. The van der Waals surface area contributed by atoms with E-state index in [1.807, 2.05) is 7.05 Å². The summed E-state index contributed by atoms with van der Waals surface area (Å²) in [5, 5.41) is 6.86. The first kappa shape index (κ1) is 20.9. The molecule has 2 heterocycles. The van der Waals surface area contributed by atoms with E-state index in [1.165, 1.54) is 32.4 Å². The number of guanidine groups is 1. The SMILES string of the molecule is CN=C(NCCC1CCN(C)CC1)NCCN1CCOCC1.I. The van der Waals surface area contributed by atoms with Crippen LogP contribution in [-0.4, -0.2) is 88.9 Å². The van der Waals surface area contributed by atoms with E-state index in [4.69, 9.17) is 4.74 Å². The third-order valence-corrected chi connectivity index (χ3v) is 4.73. The topological polar surface area (TPSA) is 52.1 Å². The maximum absolute atomic E-state index is 5.36. The molecule has 136 valence electrons. The van der Waals surface area contributed by atoms with Crippen LogP contribution in [0, 0.1) is 5.92 Å². The molecule has 0 aromatic carbocycles. The van der Waals surface area contributed by atoms with Crippen LogP contribution in [0.2, 0.25) is 0 Å². The highest BCUT2D eigenvalue weighted by Gasteiger charge is 2.16. The first-order chi connectivity index (χ1) is 10.8. The molecule has 0 spiro atoms. The lowest BCUT2D eigenvalue weighted by molar-refractivity contribution is 0.0389. The van der Waals surface area contributed by atoms with E-state index in [0.717, 1.165) is 57.8 Å². The van der Waals surface area contributed by atoms with E-state index in [2.05, 4.69) is 32.5 Å². The average Bonchev–Trinajstić information content (AvgIpc) is 2.56. The molecule has 0 aromatic heterocycles. The van der Waals surface area contributed by atoms with Crippen molar-refractivity contribution in [3.63, 3.8) is 0 Å². The lowest BCUT2D eigenvalue weighted by Gasteiger charge is -2.29. The van der Waals surface area contributed by atoms with Crippen LogP contribution in [0.15, 0.2) is 4.99 Å². The normalized spacial score (nSPS) is 21.7. The van der Waals surface area contributed by atoms with Gasteiger partial charge in [-0.25, -0.2) is 0 Å². The Morgan fingerprint density at radius 2 is 1.74 bits per heavy atom. The zero-order valence-corrected chi connectivity index (χ0v) is 17.1. The molecule has 6 nitrogen and oxygen atoms in total. The van der Waals surface area contributed by atoms with Gasteiger partial charge >= 0.3 is 0 Å². The van der Waals surface area contributed by atoms with Gasteiger partial charge in [0.25, 0.3) is 0 Å². The minimum absolute atomic E-state index is 0. The second kappa shape index (κ2) is 12.3. The minimum Gasteiger partial charge on any atom is -0.379 e. The Balaban J connectivity index is 0.00000264. The van der Waals surface area contributed by atoms with Crippen molar-refractivity contribution in [2.24, 2.45) is 10.9 Å². The van der Waals surface area contributed by atoms with Gasteiger partial charge in [-0.3, -0.25) is 9.89 Å². The Labute approximate surface area is 158 Å². The molecule has 0 amide bonds. The molecule has 2 rings (SSSR count). The van der Waals surface area contributed by atoms with Crippen LogP contribution in [0.25, 0.3) is 0 Å². The number of halogens is 1. The molecule has 7 heteroatoms. The summed E-state index contributed by atoms with van der Waals surface area (Å²) in [6, 6.07) is 0. The van der Waals surface area contributed by atoms with Gasteiger partial charge < -0.3 is 20.3 Å². The molecule has 23 heavy (non-hydrogen) atoms. The first-order valence-corrected chi connectivity index (χ1v) is 8.71. The number of rotatable bonds is 6. The summed E-state index contributed by atoms with van der Waals surface area (Å²) in [5.41, 5.74) is 0. The summed E-state index contributed by atoms with van der Waals surface area (Å²) in [5.74, 6) is 1.80. The van der Waals surface area contributed by atoms with Crippen molar-refractivity contribution < 1.29 is 4.74 Å². The molecule has 2 saturated heterocycles. The van der Waals surface area contributed by atoms with Crippen LogP contribution in [0.4, 0.5) is 0 Å². The van der Waals surface area contributed by atoms with Crippen LogP contribution in [0.3, 0.4) is 0 Å². The fourth-order valence-corrected chi connectivity index (χ4v) is 3.12. The Hall–Kier alpha value is -0.120. The van der Waals surface area contributed by atoms with Crippen molar-refractivity contribution in [1.29, 1.82) is 0 Å². The standard InChI is InChI=1S/C16H33N5O.HI/c1-17-16(19-7-10-21-11-13-22-14-12-21)18-6-3-15-4-8-20(2)9-5-15;/h15H,3-14H2,1-2H3,(H2,17,18,19);1H. The Bertz CT molecular complexity index is 328. The van der Waals surface area contributed by atoms with Gasteiger partial charge in [0.1, 0.15) is 0 Å². The summed E-state index contributed by atoms with van der Waals surface area (Å²) < 4.78 is 5.36. The van der Waals surface area contributed by atoms with Crippen molar-refractivity contribution in [3.05, 3.63) is 0 Å². The van der Waals surface area contributed by atoms with Crippen molar-refractivity contribution >= 4 is 29.9 Å². The van der Waals surface area contributed by atoms with E-state index < -0.39 is 0 Å². The molecule has 0 aliphatic carbocycles. The van der Waals surface area contributed by atoms with Gasteiger partial charge in [0.2, 0.25) is 0 Å². The summed E-state index contributed by atoms with van der Waals surface area (Å²) in [4.78, 5) is 9.17. The predicted molar refractivity (Wildman–Crippen MR) is 107 cm³/mol. The molecular formula is C16H34IN5O. The van der Waals surface area contributed by atoms with Crippen LogP contribution in [0.1, 0.15) is 19.3 Å². The number of likely N-dealkylation sites (tertiary alicyclic amines) is 1. The van der Waals surface area contributed by atoms with Gasteiger partial charge in [0.05, 0.1) is 13.2 Å². The Morgan fingerprint density at radius 3 is 2.39 bits per heavy atom. The quantitative estimate of drug-likeness (QED) is 0.365. The van der Waals surface area contributed by atoms with E-state index in [9.17, 15) is 0 Å². The van der Waals surface area contributed by atoms with E-state index in [1.54, 1.807) is 0 Å².